The molecule has 7 heteroatoms. The van der Waals surface area contributed by atoms with Crippen LogP contribution in [0, 0.1) is 0 Å². The molecule has 1 N–H and O–H groups in total. The molecular formula is C13H12N4O2S. The molecule has 1 aliphatic rings. The predicted molar refractivity (Wildman–Crippen MR) is 76.0 cm³/mol. The van der Waals surface area contributed by atoms with Crippen LogP contribution in [0.1, 0.15) is 12.8 Å². The number of thiophene rings is 1. The van der Waals surface area contributed by atoms with E-state index in [1.165, 1.54) is 4.68 Å². The fourth-order valence-electron chi connectivity index (χ4n) is 2.28. The maximum absolute atomic E-state index is 12.3. The summed E-state index contributed by atoms with van der Waals surface area (Å²) >= 11 is 1.58. The van der Waals surface area contributed by atoms with Gasteiger partial charge in [0, 0.05) is 6.04 Å². The van der Waals surface area contributed by atoms with Gasteiger partial charge in [0.1, 0.15) is 18.4 Å². The molecule has 0 aromatic carbocycles. The van der Waals surface area contributed by atoms with Crippen LogP contribution in [0.2, 0.25) is 0 Å². The molecular weight excluding hydrogens is 276 g/mol. The standard InChI is InChI=1S/C13H12N4O2S/c18-12(15-8-1-2-8)6-17-13(19)10-5-11-9(3-4-20-11)16(10)7-14-17/h3-5,7-8H,1-2,6H2,(H,15,18). The highest BCUT2D eigenvalue weighted by molar-refractivity contribution is 7.17. The third kappa shape index (κ3) is 1.82. The minimum absolute atomic E-state index is 0.0232. The molecule has 0 spiro atoms. The van der Waals surface area contributed by atoms with Gasteiger partial charge in [-0.3, -0.25) is 14.0 Å². The molecule has 20 heavy (non-hydrogen) atoms. The first-order chi connectivity index (χ1) is 9.72. The van der Waals surface area contributed by atoms with E-state index in [9.17, 15) is 9.59 Å². The molecule has 102 valence electrons. The average molecular weight is 288 g/mol. The summed E-state index contributed by atoms with van der Waals surface area (Å²) in [6.45, 7) is -0.0232. The number of nitrogens with one attached hydrogen (secondary N) is 1. The number of hydrogen-bond donors (Lipinski definition) is 1. The molecule has 0 aliphatic heterocycles. The fraction of sp³-hybridized carbons (Fsp3) is 0.308. The van der Waals surface area contributed by atoms with Crippen molar-refractivity contribution in [1.82, 2.24) is 19.5 Å². The lowest BCUT2D eigenvalue weighted by Gasteiger charge is -2.05. The third-order valence-corrected chi connectivity index (χ3v) is 4.31. The normalized spacial score (nSPS) is 15.0. The van der Waals surface area contributed by atoms with E-state index in [-0.39, 0.29) is 18.0 Å². The van der Waals surface area contributed by atoms with Gasteiger partial charge in [-0.1, -0.05) is 0 Å². The molecule has 0 saturated heterocycles. The van der Waals surface area contributed by atoms with Crippen molar-refractivity contribution in [2.45, 2.75) is 25.4 Å². The quantitative estimate of drug-likeness (QED) is 0.781. The molecule has 3 aromatic rings. The molecule has 1 amide bonds. The highest BCUT2D eigenvalue weighted by Gasteiger charge is 2.23. The first-order valence-corrected chi connectivity index (χ1v) is 7.34. The second-order valence-corrected chi connectivity index (χ2v) is 5.95. The average Bonchev–Trinajstić information content (AvgIpc) is 2.99. The Bertz CT molecular complexity index is 871. The SMILES string of the molecule is O=C(Cn1ncn2c(cc3sccc32)c1=O)NC1CC1. The van der Waals surface area contributed by atoms with Crippen LogP contribution in [0.15, 0.2) is 28.6 Å². The maximum Gasteiger partial charge on any atom is 0.291 e. The Kier molecular flexibility index (Phi) is 2.43. The lowest BCUT2D eigenvalue weighted by atomic mass is 10.5. The molecule has 0 bridgehead atoms. The van der Waals surface area contributed by atoms with E-state index in [0.717, 1.165) is 23.1 Å². The van der Waals surface area contributed by atoms with Crippen LogP contribution in [-0.2, 0) is 11.3 Å². The Hall–Kier alpha value is -2.15. The summed E-state index contributed by atoms with van der Waals surface area (Å²) in [4.78, 5) is 24.1. The van der Waals surface area contributed by atoms with Crippen molar-refractivity contribution >= 4 is 33.0 Å². The van der Waals surface area contributed by atoms with E-state index >= 15 is 0 Å². The Morgan fingerprint density at radius 1 is 1.45 bits per heavy atom. The van der Waals surface area contributed by atoms with Crippen molar-refractivity contribution < 1.29 is 4.79 Å². The summed E-state index contributed by atoms with van der Waals surface area (Å²) in [6.07, 6.45) is 3.65. The molecule has 6 nitrogen and oxygen atoms in total. The Morgan fingerprint density at radius 3 is 3.10 bits per heavy atom. The highest BCUT2D eigenvalue weighted by atomic mass is 32.1. The first-order valence-electron chi connectivity index (χ1n) is 6.46. The van der Waals surface area contributed by atoms with Crippen LogP contribution in [0.4, 0.5) is 0 Å². The van der Waals surface area contributed by atoms with E-state index in [4.69, 9.17) is 0 Å². The van der Waals surface area contributed by atoms with Crippen LogP contribution in [0.3, 0.4) is 0 Å². The third-order valence-electron chi connectivity index (χ3n) is 3.46. The number of aromatic nitrogens is 3. The molecule has 1 fully saturated rings. The van der Waals surface area contributed by atoms with Crippen molar-refractivity contribution in [2.24, 2.45) is 0 Å². The topological polar surface area (TPSA) is 68.4 Å². The van der Waals surface area contributed by atoms with Gasteiger partial charge in [-0.25, -0.2) is 4.68 Å². The van der Waals surface area contributed by atoms with Crippen molar-refractivity contribution in [3.8, 4) is 0 Å². The van der Waals surface area contributed by atoms with Crippen LogP contribution in [0.5, 0.6) is 0 Å². The van der Waals surface area contributed by atoms with E-state index in [2.05, 4.69) is 10.4 Å². The van der Waals surface area contributed by atoms with Gasteiger partial charge in [-0.05, 0) is 30.4 Å². The Labute approximate surface area is 117 Å². The zero-order chi connectivity index (χ0) is 13.7. The van der Waals surface area contributed by atoms with Crippen molar-refractivity contribution in [2.75, 3.05) is 0 Å². The van der Waals surface area contributed by atoms with Crippen LogP contribution < -0.4 is 10.9 Å². The van der Waals surface area contributed by atoms with Gasteiger partial charge >= 0.3 is 0 Å². The molecule has 3 heterocycles. The summed E-state index contributed by atoms with van der Waals surface area (Å²) < 4.78 is 4.03. The van der Waals surface area contributed by atoms with E-state index in [1.807, 2.05) is 17.5 Å². The summed E-state index contributed by atoms with van der Waals surface area (Å²) in [5, 5.41) is 8.92. The maximum atomic E-state index is 12.3. The van der Waals surface area contributed by atoms with Crippen LogP contribution in [-0.4, -0.2) is 26.1 Å². The molecule has 0 atom stereocenters. The first kappa shape index (κ1) is 11.7. The molecule has 1 aliphatic carbocycles. The second kappa shape index (κ2) is 4.17. The van der Waals surface area contributed by atoms with Crippen molar-refractivity contribution in [3.05, 3.63) is 34.2 Å². The zero-order valence-corrected chi connectivity index (χ0v) is 11.4. The van der Waals surface area contributed by atoms with Gasteiger partial charge in [0.2, 0.25) is 5.91 Å². The van der Waals surface area contributed by atoms with Crippen molar-refractivity contribution in [3.63, 3.8) is 0 Å². The van der Waals surface area contributed by atoms with E-state index in [1.54, 1.807) is 22.1 Å². The van der Waals surface area contributed by atoms with Gasteiger partial charge in [0.15, 0.2) is 0 Å². The number of carbonyl (C=O) groups is 1. The summed E-state index contributed by atoms with van der Waals surface area (Å²) in [7, 11) is 0. The summed E-state index contributed by atoms with van der Waals surface area (Å²) in [5.41, 5.74) is 1.30. The van der Waals surface area contributed by atoms with Gasteiger partial charge in [0.25, 0.3) is 5.56 Å². The number of hydrogen-bond acceptors (Lipinski definition) is 4. The summed E-state index contributed by atoms with van der Waals surface area (Å²) in [5.74, 6) is -0.153. The number of nitrogens with zero attached hydrogens (tertiary/aromatic N) is 3. The molecule has 0 radical (unpaired) electrons. The smallest absolute Gasteiger partial charge is 0.291 e. The number of amides is 1. The van der Waals surface area contributed by atoms with Crippen LogP contribution >= 0.6 is 11.3 Å². The Balaban J connectivity index is 1.74. The monoisotopic (exact) mass is 288 g/mol. The predicted octanol–water partition coefficient (Wildman–Crippen LogP) is 0.989. The fourth-order valence-corrected chi connectivity index (χ4v) is 3.09. The number of fused-ring (bicyclic) bond motifs is 3. The van der Waals surface area contributed by atoms with E-state index in [0.29, 0.717) is 11.6 Å². The van der Waals surface area contributed by atoms with Gasteiger partial charge in [-0.2, -0.15) is 5.10 Å². The lowest BCUT2D eigenvalue weighted by molar-refractivity contribution is -0.122. The van der Waals surface area contributed by atoms with Crippen molar-refractivity contribution in [1.29, 1.82) is 0 Å². The van der Waals surface area contributed by atoms with E-state index < -0.39 is 0 Å². The number of rotatable bonds is 3. The highest BCUT2D eigenvalue weighted by Crippen LogP contribution is 2.23. The minimum Gasteiger partial charge on any atom is -0.352 e. The van der Waals surface area contributed by atoms with Crippen LogP contribution in [0.25, 0.3) is 15.7 Å². The molecule has 3 aromatic heterocycles. The van der Waals surface area contributed by atoms with Gasteiger partial charge in [0.05, 0.1) is 10.2 Å². The number of carbonyl (C=O) groups excluding carboxylic acids is 1. The van der Waals surface area contributed by atoms with Gasteiger partial charge in [-0.15, -0.1) is 11.3 Å². The molecule has 0 unspecified atom stereocenters. The minimum atomic E-state index is -0.234. The summed E-state index contributed by atoms with van der Waals surface area (Å²) in [6, 6.07) is 4.10. The lowest BCUT2D eigenvalue weighted by Crippen LogP contribution is -2.35. The molecule has 1 saturated carbocycles. The Morgan fingerprint density at radius 2 is 2.30 bits per heavy atom. The zero-order valence-electron chi connectivity index (χ0n) is 10.6. The van der Waals surface area contributed by atoms with Gasteiger partial charge < -0.3 is 5.32 Å². The largest absolute Gasteiger partial charge is 0.352 e. The second-order valence-electron chi connectivity index (χ2n) is 5.01. The molecule has 4 rings (SSSR count).